The molecule has 0 saturated heterocycles. The molecular weight excluding hydrogens is 278 g/mol. The first-order chi connectivity index (χ1) is 10.4. The van der Waals surface area contributed by atoms with Gasteiger partial charge in [0.2, 0.25) is 0 Å². The maximum absolute atomic E-state index is 12.0. The highest BCUT2D eigenvalue weighted by molar-refractivity contribution is 5.80. The van der Waals surface area contributed by atoms with Crippen molar-refractivity contribution in [2.75, 3.05) is 13.2 Å². The van der Waals surface area contributed by atoms with Gasteiger partial charge in [-0.3, -0.25) is 4.79 Å². The van der Waals surface area contributed by atoms with Gasteiger partial charge in [-0.15, -0.1) is 0 Å². The summed E-state index contributed by atoms with van der Waals surface area (Å²) in [6.45, 7) is 11.3. The van der Waals surface area contributed by atoms with Gasteiger partial charge in [-0.2, -0.15) is 0 Å². The number of amides is 1. The van der Waals surface area contributed by atoms with Crippen molar-refractivity contribution < 1.29 is 14.3 Å². The van der Waals surface area contributed by atoms with Crippen LogP contribution in [0.1, 0.15) is 52.5 Å². The van der Waals surface area contributed by atoms with Crippen molar-refractivity contribution >= 4 is 5.91 Å². The second kappa shape index (κ2) is 9.46. The van der Waals surface area contributed by atoms with Crippen molar-refractivity contribution in [1.82, 2.24) is 5.32 Å². The quantitative estimate of drug-likeness (QED) is 0.710. The Bertz CT molecular complexity index is 457. The number of benzene rings is 1. The predicted molar refractivity (Wildman–Crippen MR) is 89.3 cm³/mol. The highest BCUT2D eigenvalue weighted by atomic mass is 16.5. The smallest absolute Gasteiger partial charge is 0.260 e. The number of nitrogens with one attached hydrogen (secondary N) is 1. The summed E-state index contributed by atoms with van der Waals surface area (Å²) in [5.41, 5.74) is 1.12. The Labute approximate surface area is 134 Å². The molecule has 1 rings (SSSR count). The van der Waals surface area contributed by atoms with Crippen molar-refractivity contribution in [1.29, 1.82) is 0 Å². The van der Waals surface area contributed by atoms with Gasteiger partial charge in [0, 0.05) is 13.2 Å². The molecule has 4 nitrogen and oxygen atoms in total. The van der Waals surface area contributed by atoms with Gasteiger partial charge in [0.15, 0.2) is 6.10 Å². The molecule has 0 aliphatic rings. The number of para-hydroxylation sites is 1. The molecule has 1 amide bonds. The predicted octanol–water partition coefficient (Wildman–Crippen LogP) is 3.51. The minimum atomic E-state index is -0.508. The lowest BCUT2D eigenvalue weighted by atomic mass is 10.0. The van der Waals surface area contributed by atoms with Crippen LogP contribution in [0, 0.1) is 0 Å². The first-order valence-corrected chi connectivity index (χ1v) is 8.06. The number of ether oxygens (including phenoxy) is 2. The van der Waals surface area contributed by atoms with Crippen LogP contribution in [0.4, 0.5) is 0 Å². The topological polar surface area (TPSA) is 47.6 Å². The van der Waals surface area contributed by atoms with Gasteiger partial charge in [-0.05, 0) is 44.7 Å². The van der Waals surface area contributed by atoms with Crippen molar-refractivity contribution in [3.63, 3.8) is 0 Å². The molecule has 22 heavy (non-hydrogen) atoms. The summed E-state index contributed by atoms with van der Waals surface area (Å²) < 4.78 is 11.3. The standard InChI is InChI=1S/C18H29NO3/c1-13(2)16-9-6-7-10-17(16)22-15(5)18(20)19-11-8-12-21-14(3)4/h6-7,9-10,13-15H,8,11-12H2,1-5H3,(H,19,20)/t15-/m0/s1. The Morgan fingerprint density at radius 1 is 1.14 bits per heavy atom. The number of hydrogen-bond acceptors (Lipinski definition) is 3. The van der Waals surface area contributed by atoms with Crippen LogP contribution in [0.2, 0.25) is 0 Å². The Balaban J connectivity index is 2.41. The SMILES string of the molecule is CC(C)OCCCNC(=O)[C@H](C)Oc1ccccc1C(C)C. The molecule has 1 aromatic rings. The lowest BCUT2D eigenvalue weighted by Crippen LogP contribution is -2.37. The van der Waals surface area contributed by atoms with Crippen LogP contribution in [0.25, 0.3) is 0 Å². The van der Waals surface area contributed by atoms with Crippen molar-refractivity contribution in [2.45, 2.75) is 59.2 Å². The molecule has 0 heterocycles. The van der Waals surface area contributed by atoms with E-state index in [1.54, 1.807) is 6.92 Å². The fourth-order valence-corrected chi connectivity index (χ4v) is 2.06. The van der Waals surface area contributed by atoms with Crippen LogP contribution < -0.4 is 10.1 Å². The molecule has 0 aliphatic heterocycles. The maximum Gasteiger partial charge on any atom is 0.260 e. The highest BCUT2D eigenvalue weighted by Gasteiger charge is 2.16. The zero-order valence-corrected chi connectivity index (χ0v) is 14.4. The third-order valence-electron chi connectivity index (χ3n) is 3.29. The summed E-state index contributed by atoms with van der Waals surface area (Å²) in [6, 6.07) is 7.86. The second-order valence-electron chi connectivity index (χ2n) is 6.02. The maximum atomic E-state index is 12.0. The molecular formula is C18H29NO3. The van der Waals surface area contributed by atoms with Gasteiger partial charge < -0.3 is 14.8 Å². The van der Waals surface area contributed by atoms with Crippen LogP contribution in [-0.2, 0) is 9.53 Å². The molecule has 0 radical (unpaired) electrons. The van der Waals surface area contributed by atoms with Gasteiger partial charge in [0.25, 0.3) is 5.91 Å². The molecule has 1 aromatic carbocycles. The van der Waals surface area contributed by atoms with Crippen LogP contribution in [0.5, 0.6) is 5.75 Å². The fraction of sp³-hybridized carbons (Fsp3) is 0.611. The van der Waals surface area contributed by atoms with E-state index in [1.807, 2.05) is 38.1 Å². The third kappa shape index (κ3) is 6.48. The monoisotopic (exact) mass is 307 g/mol. The van der Waals surface area contributed by atoms with E-state index in [9.17, 15) is 4.79 Å². The van der Waals surface area contributed by atoms with E-state index in [2.05, 4.69) is 19.2 Å². The van der Waals surface area contributed by atoms with Gasteiger partial charge in [-0.1, -0.05) is 32.0 Å². The number of carbonyl (C=O) groups excluding carboxylic acids is 1. The zero-order valence-electron chi connectivity index (χ0n) is 14.4. The molecule has 0 spiro atoms. The lowest BCUT2D eigenvalue weighted by molar-refractivity contribution is -0.127. The van der Waals surface area contributed by atoms with Gasteiger partial charge in [0.1, 0.15) is 5.75 Å². The molecule has 0 aromatic heterocycles. The van der Waals surface area contributed by atoms with Crippen molar-refractivity contribution in [2.24, 2.45) is 0 Å². The van der Waals surface area contributed by atoms with Gasteiger partial charge >= 0.3 is 0 Å². The van der Waals surface area contributed by atoms with E-state index >= 15 is 0 Å². The summed E-state index contributed by atoms with van der Waals surface area (Å²) in [6.07, 6.45) is 0.524. The summed E-state index contributed by atoms with van der Waals surface area (Å²) in [5, 5.41) is 2.88. The number of hydrogen-bond donors (Lipinski definition) is 1. The van der Waals surface area contributed by atoms with Gasteiger partial charge in [-0.25, -0.2) is 0 Å². The Hall–Kier alpha value is -1.55. The molecule has 4 heteroatoms. The molecule has 1 N–H and O–H groups in total. The Morgan fingerprint density at radius 3 is 2.45 bits per heavy atom. The molecule has 0 unspecified atom stereocenters. The van der Waals surface area contributed by atoms with Crippen molar-refractivity contribution in [3.8, 4) is 5.75 Å². The number of rotatable bonds is 9. The van der Waals surface area contributed by atoms with E-state index in [0.29, 0.717) is 19.1 Å². The zero-order chi connectivity index (χ0) is 16.5. The minimum absolute atomic E-state index is 0.0943. The Kier molecular flexibility index (Phi) is 7.96. The molecule has 0 aliphatic carbocycles. The molecule has 0 saturated carbocycles. The first kappa shape index (κ1) is 18.5. The van der Waals surface area contributed by atoms with E-state index in [-0.39, 0.29) is 12.0 Å². The highest BCUT2D eigenvalue weighted by Crippen LogP contribution is 2.26. The Morgan fingerprint density at radius 2 is 1.82 bits per heavy atom. The second-order valence-corrected chi connectivity index (χ2v) is 6.02. The lowest BCUT2D eigenvalue weighted by Gasteiger charge is -2.18. The van der Waals surface area contributed by atoms with E-state index in [4.69, 9.17) is 9.47 Å². The largest absolute Gasteiger partial charge is 0.481 e. The van der Waals surface area contributed by atoms with Crippen LogP contribution in [0.15, 0.2) is 24.3 Å². The average molecular weight is 307 g/mol. The third-order valence-corrected chi connectivity index (χ3v) is 3.29. The first-order valence-electron chi connectivity index (χ1n) is 8.06. The van der Waals surface area contributed by atoms with Crippen molar-refractivity contribution in [3.05, 3.63) is 29.8 Å². The van der Waals surface area contributed by atoms with E-state index in [0.717, 1.165) is 17.7 Å². The van der Waals surface area contributed by atoms with E-state index in [1.165, 1.54) is 0 Å². The average Bonchev–Trinajstić information content (AvgIpc) is 2.46. The van der Waals surface area contributed by atoms with Crippen LogP contribution in [0.3, 0.4) is 0 Å². The summed E-state index contributed by atoms with van der Waals surface area (Å²) in [7, 11) is 0. The summed E-state index contributed by atoms with van der Waals surface area (Å²) >= 11 is 0. The van der Waals surface area contributed by atoms with Gasteiger partial charge in [0.05, 0.1) is 6.10 Å². The number of carbonyl (C=O) groups is 1. The normalized spacial score (nSPS) is 12.5. The minimum Gasteiger partial charge on any atom is -0.481 e. The molecule has 0 bridgehead atoms. The van der Waals surface area contributed by atoms with E-state index < -0.39 is 6.10 Å². The van der Waals surface area contributed by atoms with Crippen LogP contribution >= 0.6 is 0 Å². The molecule has 124 valence electrons. The molecule has 1 atom stereocenters. The van der Waals surface area contributed by atoms with Crippen LogP contribution in [-0.4, -0.2) is 31.3 Å². The fourth-order valence-electron chi connectivity index (χ4n) is 2.06. The summed E-state index contributed by atoms with van der Waals surface area (Å²) in [4.78, 5) is 12.0. The molecule has 0 fully saturated rings. The summed E-state index contributed by atoms with van der Waals surface area (Å²) in [5.74, 6) is 1.05.